The quantitative estimate of drug-likeness (QED) is 0.628. The molecule has 2 aromatic heterocycles. The Labute approximate surface area is 176 Å². The number of hydrogen-bond donors (Lipinski definition) is 0. The van der Waals surface area contributed by atoms with Crippen LogP contribution < -0.4 is 0 Å². The summed E-state index contributed by atoms with van der Waals surface area (Å²) in [5, 5.41) is 0. The highest BCUT2D eigenvalue weighted by atomic mass is 19.1. The zero-order valence-electron chi connectivity index (χ0n) is 17.5. The molecule has 0 spiro atoms. The molecule has 0 N–H and O–H groups in total. The van der Waals surface area contributed by atoms with Gasteiger partial charge in [-0.2, -0.15) is 0 Å². The van der Waals surface area contributed by atoms with Gasteiger partial charge in [0.25, 0.3) is 0 Å². The number of carbonyl (C=O) groups excluding carboxylic acids is 1. The normalized spacial score (nSPS) is 16.8. The van der Waals surface area contributed by atoms with E-state index < -0.39 is 0 Å². The maximum atomic E-state index is 13.1. The number of imidazole rings is 1. The van der Waals surface area contributed by atoms with Gasteiger partial charge in [0, 0.05) is 43.0 Å². The number of nitrogens with zero attached hydrogens (tertiary/aromatic N) is 4. The maximum absolute atomic E-state index is 13.1. The first-order valence-corrected chi connectivity index (χ1v) is 10.5. The van der Waals surface area contributed by atoms with Crippen LogP contribution in [0.25, 0.3) is 5.82 Å². The molecule has 1 aliphatic heterocycles. The number of aromatic nitrogens is 3. The van der Waals surface area contributed by atoms with Gasteiger partial charge in [0.05, 0.1) is 6.42 Å². The smallest absolute Gasteiger partial charge is 0.227 e. The Morgan fingerprint density at radius 1 is 1.20 bits per heavy atom. The second kappa shape index (κ2) is 8.78. The molecule has 3 heterocycles. The molecule has 30 heavy (non-hydrogen) atoms. The molecule has 4 rings (SSSR count). The largest absolute Gasteiger partial charge is 0.342 e. The Morgan fingerprint density at radius 3 is 2.77 bits per heavy atom. The minimum Gasteiger partial charge on any atom is -0.342 e. The first kappa shape index (κ1) is 20.3. The molecule has 0 unspecified atom stereocenters. The number of halogens is 1. The molecular formula is C24H27FN4O. The van der Waals surface area contributed by atoms with E-state index in [2.05, 4.69) is 18.8 Å². The van der Waals surface area contributed by atoms with Gasteiger partial charge in [-0.3, -0.25) is 9.36 Å². The van der Waals surface area contributed by atoms with Crippen LogP contribution in [0.5, 0.6) is 0 Å². The number of likely N-dealkylation sites (tertiary alicyclic amines) is 1. The molecule has 156 valence electrons. The summed E-state index contributed by atoms with van der Waals surface area (Å²) in [4.78, 5) is 24.1. The van der Waals surface area contributed by atoms with E-state index in [1.165, 1.54) is 12.1 Å². The van der Waals surface area contributed by atoms with Gasteiger partial charge < -0.3 is 4.90 Å². The lowest BCUT2D eigenvalue weighted by Gasteiger charge is -2.32. The summed E-state index contributed by atoms with van der Waals surface area (Å²) in [6, 6.07) is 12.2. The second-order valence-electron chi connectivity index (χ2n) is 8.21. The lowest BCUT2D eigenvalue weighted by molar-refractivity contribution is -0.131. The van der Waals surface area contributed by atoms with Crippen molar-refractivity contribution >= 4 is 5.91 Å². The van der Waals surface area contributed by atoms with Gasteiger partial charge in [0.2, 0.25) is 5.91 Å². The van der Waals surface area contributed by atoms with Crippen molar-refractivity contribution in [3.05, 3.63) is 77.8 Å². The minimum absolute atomic E-state index is 0.0826. The average Bonchev–Trinajstić information content (AvgIpc) is 3.26. The van der Waals surface area contributed by atoms with Crippen molar-refractivity contribution in [2.45, 2.75) is 44.9 Å². The number of benzene rings is 1. The summed E-state index contributed by atoms with van der Waals surface area (Å²) in [6.45, 7) is 5.66. The first-order chi connectivity index (χ1) is 14.5. The van der Waals surface area contributed by atoms with Crippen LogP contribution in [0.1, 0.15) is 55.6 Å². The summed E-state index contributed by atoms with van der Waals surface area (Å²) in [5.74, 6) is 2.16. The van der Waals surface area contributed by atoms with E-state index in [4.69, 9.17) is 4.98 Å². The van der Waals surface area contributed by atoms with E-state index >= 15 is 0 Å². The van der Waals surface area contributed by atoms with Crippen molar-refractivity contribution in [1.82, 2.24) is 19.4 Å². The number of pyridine rings is 1. The van der Waals surface area contributed by atoms with E-state index in [-0.39, 0.29) is 17.6 Å². The topological polar surface area (TPSA) is 51.0 Å². The molecule has 1 saturated heterocycles. The Hall–Kier alpha value is -3.02. The molecule has 1 aromatic carbocycles. The van der Waals surface area contributed by atoms with Crippen molar-refractivity contribution in [3.8, 4) is 5.82 Å². The molecule has 0 aliphatic carbocycles. The Kier molecular flexibility index (Phi) is 5.93. The summed E-state index contributed by atoms with van der Waals surface area (Å²) in [6.07, 6.45) is 6.01. The molecule has 1 amide bonds. The van der Waals surface area contributed by atoms with Crippen molar-refractivity contribution in [1.29, 1.82) is 0 Å². The van der Waals surface area contributed by atoms with Gasteiger partial charge in [0.1, 0.15) is 17.5 Å². The standard InChI is InChI=1S/C24H27FN4O/c1-17(2)24-26-12-14-29(24)22-7-3-6-21(27-22)19-5-4-13-28(16-19)23(30)15-18-8-10-20(25)11-9-18/h3,6-12,14,17,19H,4-5,13,15-16H2,1-2H3/t19-/m1/s1. The molecule has 6 heteroatoms. The molecule has 3 aromatic rings. The van der Waals surface area contributed by atoms with E-state index in [0.29, 0.717) is 18.9 Å². The highest BCUT2D eigenvalue weighted by Gasteiger charge is 2.26. The van der Waals surface area contributed by atoms with E-state index in [0.717, 1.165) is 42.3 Å². The van der Waals surface area contributed by atoms with Crippen molar-refractivity contribution in [2.24, 2.45) is 0 Å². The third-order valence-electron chi connectivity index (χ3n) is 5.65. The third-order valence-corrected chi connectivity index (χ3v) is 5.65. The zero-order chi connectivity index (χ0) is 21.1. The van der Waals surface area contributed by atoms with Gasteiger partial charge in [-0.15, -0.1) is 0 Å². The second-order valence-corrected chi connectivity index (χ2v) is 8.21. The van der Waals surface area contributed by atoms with Crippen LogP contribution in [0, 0.1) is 5.82 Å². The predicted octanol–water partition coefficient (Wildman–Crippen LogP) is 4.48. The summed E-state index contributed by atoms with van der Waals surface area (Å²) in [5.41, 5.74) is 1.85. The molecule has 0 bridgehead atoms. The van der Waals surface area contributed by atoms with Gasteiger partial charge in [-0.05, 0) is 42.7 Å². The summed E-state index contributed by atoms with van der Waals surface area (Å²) < 4.78 is 15.1. The van der Waals surface area contributed by atoms with Gasteiger partial charge in [-0.1, -0.05) is 32.0 Å². The highest BCUT2D eigenvalue weighted by molar-refractivity contribution is 5.79. The number of hydrogen-bond acceptors (Lipinski definition) is 3. The van der Waals surface area contributed by atoms with Crippen LogP contribution in [0.3, 0.4) is 0 Å². The number of carbonyl (C=O) groups is 1. The molecule has 1 aliphatic rings. The fraction of sp³-hybridized carbons (Fsp3) is 0.375. The Balaban J connectivity index is 1.48. The van der Waals surface area contributed by atoms with Crippen molar-refractivity contribution in [3.63, 3.8) is 0 Å². The lowest BCUT2D eigenvalue weighted by atomic mass is 9.93. The third kappa shape index (κ3) is 4.42. The Morgan fingerprint density at radius 2 is 2.00 bits per heavy atom. The van der Waals surface area contributed by atoms with Crippen LogP contribution >= 0.6 is 0 Å². The number of piperidine rings is 1. The number of rotatable bonds is 5. The monoisotopic (exact) mass is 406 g/mol. The van der Waals surface area contributed by atoms with E-state index in [9.17, 15) is 9.18 Å². The molecule has 5 nitrogen and oxygen atoms in total. The minimum atomic E-state index is -0.284. The van der Waals surface area contributed by atoms with Gasteiger partial charge >= 0.3 is 0 Å². The highest BCUT2D eigenvalue weighted by Crippen LogP contribution is 2.27. The van der Waals surface area contributed by atoms with E-state index in [1.54, 1.807) is 18.3 Å². The van der Waals surface area contributed by atoms with Crippen molar-refractivity contribution in [2.75, 3.05) is 13.1 Å². The molecule has 1 atom stereocenters. The molecule has 0 radical (unpaired) electrons. The Bertz CT molecular complexity index is 1010. The summed E-state index contributed by atoms with van der Waals surface area (Å²) in [7, 11) is 0. The van der Waals surface area contributed by atoms with E-state index in [1.807, 2.05) is 33.9 Å². The molecular weight excluding hydrogens is 379 g/mol. The fourth-order valence-corrected chi connectivity index (χ4v) is 4.07. The van der Waals surface area contributed by atoms with Crippen LogP contribution in [-0.4, -0.2) is 38.4 Å². The SMILES string of the molecule is CC(C)c1nccn1-c1cccc([C@@H]2CCCN(C(=O)Cc3ccc(F)cc3)C2)n1. The van der Waals surface area contributed by atoms with Crippen LogP contribution in [0.4, 0.5) is 4.39 Å². The molecule has 0 saturated carbocycles. The predicted molar refractivity (Wildman–Crippen MR) is 114 cm³/mol. The maximum Gasteiger partial charge on any atom is 0.227 e. The van der Waals surface area contributed by atoms with Crippen molar-refractivity contribution < 1.29 is 9.18 Å². The average molecular weight is 407 g/mol. The molecule has 1 fully saturated rings. The van der Waals surface area contributed by atoms with Gasteiger partial charge in [0.15, 0.2) is 0 Å². The van der Waals surface area contributed by atoms with Crippen LogP contribution in [-0.2, 0) is 11.2 Å². The summed E-state index contributed by atoms with van der Waals surface area (Å²) >= 11 is 0. The first-order valence-electron chi connectivity index (χ1n) is 10.5. The lowest BCUT2D eigenvalue weighted by Crippen LogP contribution is -2.40. The zero-order valence-corrected chi connectivity index (χ0v) is 17.5. The fourth-order valence-electron chi connectivity index (χ4n) is 4.07. The number of amides is 1. The van der Waals surface area contributed by atoms with Crippen LogP contribution in [0.15, 0.2) is 54.9 Å². The van der Waals surface area contributed by atoms with Crippen LogP contribution in [0.2, 0.25) is 0 Å². The van der Waals surface area contributed by atoms with Gasteiger partial charge in [-0.25, -0.2) is 14.4 Å².